The monoisotopic (exact) mass is 437 g/mol. The van der Waals surface area contributed by atoms with Crippen molar-refractivity contribution in [3.8, 4) is 22.4 Å². The predicted molar refractivity (Wildman–Crippen MR) is 113 cm³/mol. The molecule has 0 aliphatic heterocycles. The van der Waals surface area contributed by atoms with Crippen LogP contribution in [-0.4, -0.2) is 34.9 Å². The van der Waals surface area contributed by atoms with E-state index in [2.05, 4.69) is 25.3 Å². The Hall–Kier alpha value is -3.95. The van der Waals surface area contributed by atoms with Crippen LogP contribution in [0.25, 0.3) is 33.5 Å². The Morgan fingerprint density at radius 2 is 1.84 bits per heavy atom. The topological polar surface area (TPSA) is 88.1 Å². The molecule has 0 aliphatic carbocycles. The molecule has 0 spiro atoms. The molecule has 0 unspecified atom stereocenters. The zero-order valence-electron chi connectivity index (χ0n) is 17.0. The van der Waals surface area contributed by atoms with Crippen LogP contribution in [0.15, 0.2) is 55.2 Å². The van der Waals surface area contributed by atoms with Gasteiger partial charge in [-0.2, -0.15) is 23.4 Å². The van der Waals surface area contributed by atoms with Crippen LogP contribution < -0.4 is 0 Å². The highest BCUT2D eigenvalue weighted by Gasteiger charge is 2.29. The summed E-state index contributed by atoms with van der Waals surface area (Å²) in [5.74, 6) is 0. The van der Waals surface area contributed by atoms with Gasteiger partial charge in [-0.3, -0.25) is 9.78 Å². The smallest absolute Gasteiger partial charge is 0.344 e. The van der Waals surface area contributed by atoms with Crippen LogP contribution in [0.1, 0.15) is 16.8 Å². The third-order valence-corrected chi connectivity index (χ3v) is 5.34. The summed E-state index contributed by atoms with van der Waals surface area (Å²) in [6.45, 7) is 2.46. The van der Waals surface area contributed by atoms with Gasteiger partial charge in [0, 0.05) is 41.3 Å². The number of H-pyrrole nitrogens is 2. The fourth-order valence-electron chi connectivity index (χ4n) is 3.58. The molecule has 0 bridgehead atoms. The lowest BCUT2D eigenvalue weighted by molar-refractivity contribution is -0.137. The summed E-state index contributed by atoms with van der Waals surface area (Å²) in [4.78, 5) is 12.4. The van der Waals surface area contributed by atoms with Crippen LogP contribution in [0.4, 0.5) is 13.2 Å². The third kappa shape index (κ3) is 3.75. The summed E-state index contributed by atoms with van der Waals surface area (Å²) in [6.07, 6.45) is 5.14. The van der Waals surface area contributed by atoms with E-state index >= 15 is 0 Å². The number of aromatic nitrogens is 7. The Bertz CT molecular complexity index is 1380. The van der Waals surface area contributed by atoms with E-state index in [1.54, 1.807) is 23.3 Å². The number of hydrogen-bond acceptors (Lipinski definition) is 4. The van der Waals surface area contributed by atoms with E-state index in [-0.39, 0.29) is 0 Å². The molecule has 4 aromatic heterocycles. The molecule has 2 N–H and O–H groups in total. The first kappa shape index (κ1) is 20.0. The highest BCUT2D eigenvalue weighted by atomic mass is 19.4. The molecule has 5 rings (SSSR count). The maximum absolute atomic E-state index is 12.7. The van der Waals surface area contributed by atoms with Gasteiger partial charge >= 0.3 is 6.18 Å². The number of alkyl halides is 3. The molecule has 0 aliphatic rings. The number of aromatic amines is 2. The lowest BCUT2D eigenvalue weighted by Crippen LogP contribution is -2.05. The minimum Gasteiger partial charge on any atom is -0.344 e. The lowest BCUT2D eigenvalue weighted by atomic mass is 10.1. The summed E-state index contributed by atoms with van der Waals surface area (Å²) in [5.41, 5.74) is 5.83. The zero-order chi connectivity index (χ0) is 22.3. The Balaban J connectivity index is 1.36. The van der Waals surface area contributed by atoms with Gasteiger partial charge in [0.05, 0.1) is 29.8 Å². The van der Waals surface area contributed by atoms with Crippen molar-refractivity contribution in [1.29, 1.82) is 0 Å². The quantitative estimate of drug-likeness (QED) is 0.414. The third-order valence-electron chi connectivity index (χ3n) is 5.34. The number of aryl methyl sites for hydroxylation is 3. The van der Waals surface area contributed by atoms with Crippen molar-refractivity contribution >= 4 is 11.2 Å². The Labute approximate surface area is 180 Å². The molecule has 0 fully saturated rings. The maximum atomic E-state index is 12.7. The molecular formula is C22H18F3N7. The van der Waals surface area contributed by atoms with E-state index in [1.807, 2.05) is 19.3 Å². The number of fused-ring (bicyclic) bond motifs is 1. The van der Waals surface area contributed by atoms with Gasteiger partial charge in [-0.1, -0.05) is 12.1 Å². The van der Waals surface area contributed by atoms with Crippen molar-refractivity contribution < 1.29 is 13.2 Å². The highest BCUT2D eigenvalue weighted by molar-refractivity contribution is 5.91. The van der Waals surface area contributed by atoms with Crippen molar-refractivity contribution in [3.63, 3.8) is 0 Å². The molecule has 1 aromatic carbocycles. The predicted octanol–water partition coefficient (Wildman–Crippen LogP) is 4.78. The molecule has 4 heterocycles. The maximum Gasteiger partial charge on any atom is 0.416 e. The number of benzene rings is 1. The molecule has 7 nitrogen and oxygen atoms in total. The minimum absolute atomic E-state index is 0.541. The van der Waals surface area contributed by atoms with Crippen LogP contribution in [-0.2, 0) is 19.1 Å². The first-order valence-electron chi connectivity index (χ1n) is 9.92. The minimum atomic E-state index is -4.33. The van der Waals surface area contributed by atoms with Gasteiger partial charge in [0.25, 0.3) is 0 Å². The molecule has 0 atom stereocenters. The number of nitrogens with one attached hydrogen (secondary N) is 2. The number of nitrogens with zero attached hydrogens (tertiary/aromatic N) is 5. The van der Waals surface area contributed by atoms with E-state index in [0.29, 0.717) is 18.6 Å². The summed E-state index contributed by atoms with van der Waals surface area (Å²) < 4.78 is 39.9. The zero-order valence-corrected chi connectivity index (χ0v) is 17.0. The van der Waals surface area contributed by atoms with E-state index in [0.717, 1.165) is 51.3 Å². The molecule has 0 amide bonds. The first-order chi connectivity index (χ1) is 15.4. The lowest BCUT2D eigenvalue weighted by Gasteiger charge is -2.07. The van der Waals surface area contributed by atoms with E-state index in [9.17, 15) is 13.2 Å². The van der Waals surface area contributed by atoms with Gasteiger partial charge in [0.2, 0.25) is 0 Å². The number of rotatable bonds is 5. The van der Waals surface area contributed by atoms with Crippen molar-refractivity contribution in [2.24, 2.45) is 0 Å². The second-order valence-corrected chi connectivity index (χ2v) is 7.50. The van der Waals surface area contributed by atoms with E-state index < -0.39 is 11.7 Å². The number of hydrogen-bond donors (Lipinski definition) is 2. The van der Waals surface area contributed by atoms with E-state index in [1.165, 1.54) is 12.1 Å². The van der Waals surface area contributed by atoms with Gasteiger partial charge in [-0.15, -0.1) is 0 Å². The van der Waals surface area contributed by atoms with E-state index in [4.69, 9.17) is 4.98 Å². The van der Waals surface area contributed by atoms with Crippen molar-refractivity contribution in [1.82, 2.24) is 34.9 Å². The Kier molecular flexibility index (Phi) is 4.76. The molecule has 162 valence electrons. The molecule has 0 saturated heterocycles. The van der Waals surface area contributed by atoms with Gasteiger partial charge < -0.3 is 4.98 Å². The average Bonchev–Trinajstić information content (AvgIpc) is 3.50. The van der Waals surface area contributed by atoms with Gasteiger partial charge in [-0.05, 0) is 31.0 Å². The van der Waals surface area contributed by atoms with Crippen LogP contribution in [0.2, 0.25) is 0 Å². The van der Waals surface area contributed by atoms with Crippen molar-refractivity contribution in [2.45, 2.75) is 26.1 Å². The first-order valence-corrected chi connectivity index (χ1v) is 9.92. The van der Waals surface area contributed by atoms with Gasteiger partial charge in [0.1, 0.15) is 5.52 Å². The van der Waals surface area contributed by atoms with Crippen molar-refractivity contribution in [2.75, 3.05) is 0 Å². The van der Waals surface area contributed by atoms with Crippen LogP contribution >= 0.6 is 0 Å². The second-order valence-electron chi connectivity index (χ2n) is 7.50. The molecule has 0 saturated carbocycles. The molecular weight excluding hydrogens is 419 g/mol. The fraction of sp³-hybridized carbons (Fsp3) is 0.182. The Morgan fingerprint density at radius 1 is 1.03 bits per heavy atom. The Morgan fingerprint density at radius 3 is 2.56 bits per heavy atom. The summed E-state index contributed by atoms with van der Waals surface area (Å²) in [6, 6.07) is 5.21. The van der Waals surface area contributed by atoms with Crippen molar-refractivity contribution in [3.05, 3.63) is 72.1 Å². The van der Waals surface area contributed by atoms with Gasteiger partial charge in [-0.25, -0.2) is 9.97 Å². The van der Waals surface area contributed by atoms with Crippen LogP contribution in [0, 0.1) is 6.92 Å². The molecule has 32 heavy (non-hydrogen) atoms. The van der Waals surface area contributed by atoms with Gasteiger partial charge in [0.15, 0.2) is 5.65 Å². The number of halogens is 3. The highest BCUT2D eigenvalue weighted by Crippen LogP contribution is 2.30. The summed E-state index contributed by atoms with van der Waals surface area (Å²) in [5, 5.41) is 11.3. The largest absolute Gasteiger partial charge is 0.416 e. The molecule has 0 radical (unpaired) electrons. The fourth-order valence-corrected chi connectivity index (χ4v) is 3.58. The summed E-state index contributed by atoms with van der Waals surface area (Å²) >= 11 is 0. The summed E-state index contributed by atoms with van der Waals surface area (Å²) in [7, 11) is 0. The SMILES string of the molecule is Cc1[nH]ncc1-c1cnc2[nH]cc(-c3cnn(CCc4ccc(C(F)(F)F)cc4)c3)c2n1. The standard InChI is InChI=1S/C22H18F3N7/c1-13-17(10-28-31-13)19-11-27-21-20(30-19)18(9-26-21)15-8-29-32(12-15)7-6-14-2-4-16(5-3-14)22(23,24)25/h2-5,8-12H,6-7H2,1H3,(H,26,27)(H,28,31). The molecule has 10 heteroatoms. The molecule has 5 aromatic rings. The normalized spacial score (nSPS) is 12.0. The van der Waals surface area contributed by atoms with Crippen LogP contribution in [0.3, 0.4) is 0 Å². The average molecular weight is 437 g/mol. The van der Waals surface area contributed by atoms with Crippen LogP contribution in [0.5, 0.6) is 0 Å². The second kappa shape index (κ2) is 7.63.